The van der Waals surface area contributed by atoms with Crippen molar-refractivity contribution in [1.82, 2.24) is 5.32 Å². The monoisotopic (exact) mass is 380 g/mol. The van der Waals surface area contributed by atoms with Gasteiger partial charge in [-0.1, -0.05) is 22.0 Å². The largest absolute Gasteiger partial charge is 0.397 e. The Morgan fingerprint density at radius 1 is 1.38 bits per heavy atom. The number of nitrogens with one attached hydrogen (secondary N) is 1. The van der Waals surface area contributed by atoms with E-state index < -0.39 is 0 Å². The summed E-state index contributed by atoms with van der Waals surface area (Å²) in [6.45, 7) is 2.58. The Balaban J connectivity index is 1.87. The molecule has 0 radical (unpaired) electrons. The summed E-state index contributed by atoms with van der Waals surface area (Å²) < 4.78 is 1.93. The van der Waals surface area contributed by atoms with Crippen molar-refractivity contribution in [2.75, 3.05) is 5.73 Å². The first kappa shape index (κ1) is 14.6. The predicted octanol–water partition coefficient (Wildman–Crippen LogP) is 4.55. The minimum Gasteiger partial charge on any atom is -0.397 e. The number of thiophene rings is 2. The van der Waals surface area contributed by atoms with Crippen LogP contribution in [0, 0.1) is 6.92 Å². The van der Waals surface area contributed by atoms with Gasteiger partial charge in [0.2, 0.25) is 0 Å². The minimum absolute atomic E-state index is 0.119. The zero-order valence-corrected chi connectivity index (χ0v) is 14.5. The van der Waals surface area contributed by atoms with Crippen LogP contribution in [0.4, 0.5) is 5.69 Å². The lowest BCUT2D eigenvalue weighted by Crippen LogP contribution is -2.22. The highest BCUT2D eigenvalue weighted by molar-refractivity contribution is 9.10. The summed E-state index contributed by atoms with van der Waals surface area (Å²) in [5.74, 6) is -0.119. The molecule has 0 bridgehead atoms. The van der Waals surface area contributed by atoms with Crippen molar-refractivity contribution >= 4 is 60.3 Å². The maximum absolute atomic E-state index is 12.4. The van der Waals surface area contributed by atoms with Crippen LogP contribution in [-0.4, -0.2) is 5.91 Å². The third-order valence-corrected chi connectivity index (χ3v) is 6.05. The Hall–Kier alpha value is -1.37. The summed E-state index contributed by atoms with van der Waals surface area (Å²) in [6.07, 6.45) is 0. The fourth-order valence-corrected chi connectivity index (χ4v) is 4.76. The maximum atomic E-state index is 12.4. The Labute approximate surface area is 138 Å². The van der Waals surface area contributed by atoms with Crippen LogP contribution in [0.1, 0.15) is 20.8 Å². The third-order valence-electron chi connectivity index (χ3n) is 3.31. The molecular formula is C15H13BrN2OS2. The van der Waals surface area contributed by atoms with Gasteiger partial charge in [-0.2, -0.15) is 11.3 Å². The number of halogens is 1. The Kier molecular flexibility index (Phi) is 4.01. The molecule has 1 amide bonds. The van der Waals surface area contributed by atoms with Crippen molar-refractivity contribution in [2.24, 2.45) is 0 Å². The van der Waals surface area contributed by atoms with Gasteiger partial charge < -0.3 is 11.1 Å². The lowest BCUT2D eigenvalue weighted by molar-refractivity contribution is 0.0956. The second-order valence-electron chi connectivity index (χ2n) is 4.72. The van der Waals surface area contributed by atoms with Crippen molar-refractivity contribution < 1.29 is 4.79 Å². The minimum atomic E-state index is -0.119. The Morgan fingerprint density at radius 2 is 2.19 bits per heavy atom. The molecule has 0 fully saturated rings. The number of anilines is 1. The van der Waals surface area contributed by atoms with Gasteiger partial charge in [0.05, 0.1) is 5.69 Å². The van der Waals surface area contributed by atoms with Gasteiger partial charge >= 0.3 is 0 Å². The topological polar surface area (TPSA) is 55.1 Å². The molecule has 0 unspecified atom stereocenters. The SMILES string of the molecule is Cc1cscc1CNC(=O)c1sc2cccc(Br)c2c1N. The van der Waals surface area contributed by atoms with E-state index >= 15 is 0 Å². The van der Waals surface area contributed by atoms with Gasteiger partial charge in [-0.05, 0) is 40.9 Å². The molecule has 3 aromatic rings. The summed E-state index contributed by atoms with van der Waals surface area (Å²) in [7, 11) is 0. The summed E-state index contributed by atoms with van der Waals surface area (Å²) >= 11 is 6.55. The molecule has 6 heteroatoms. The molecule has 3 rings (SSSR count). The smallest absolute Gasteiger partial charge is 0.263 e. The number of nitrogen functional groups attached to an aromatic ring is 1. The molecule has 21 heavy (non-hydrogen) atoms. The molecular weight excluding hydrogens is 368 g/mol. The quantitative estimate of drug-likeness (QED) is 0.700. The van der Waals surface area contributed by atoms with Gasteiger partial charge in [0.15, 0.2) is 0 Å². The first-order chi connectivity index (χ1) is 10.1. The van der Waals surface area contributed by atoms with Crippen LogP contribution in [0.25, 0.3) is 10.1 Å². The fraction of sp³-hybridized carbons (Fsp3) is 0.133. The lowest BCUT2D eigenvalue weighted by Gasteiger charge is -2.04. The van der Waals surface area contributed by atoms with Crippen LogP contribution >= 0.6 is 38.6 Å². The molecule has 3 N–H and O–H groups in total. The van der Waals surface area contributed by atoms with E-state index in [0.717, 1.165) is 20.1 Å². The number of nitrogens with two attached hydrogens (primary N) is 1. The molecule has 0 aliphatic heterocycles. The Bertz CT molecular complexity index is 822. The molecule has 2 aromatic heterocycles. The van der Waals surface area contributed by atoms with E-state index in [1.54, 1.807) is 11.3 Å². The number of hydrogen-bond acceptors (Lipinski definition) is 4. The number of rotatable bonds is 3. The molecule has 0 aliphatic carbocycles. The van der Waals surface area contributed by atoms with Crippen molar-refractivity contribution in [1.29, 1.82) is 0 Å². The van der Waals surface area contributed by atoms with E-state index in [-0.39, 0.29) is 5.91 Å². The maximum Gasteiger partial charge on any atom is 0.263 e. The van der Waals surface area contributed by atoms with Crippen LogP contribution in [0.15, 0.2) is 33.4 Å². The van der Waals surface area contributed by atoms with E-state index in [2.05, 4.69) is 32.0 Å². The molecule has 0 spiro atoms. The zero-order chi connectivity index (χ0) is 15.0. The number of carbonyl (C=O) groups excluding carboxylic acids is 1. The van der Waals surface area contributed by atoms with Crippen molar-refractivity contribution in [3.8, 4) is 0 Å². The molecule has 0 atom stereocenters. The summed E-state index contributed by atoms with van der Waals surface area (Å²) in [5.41, 5.74) is 9.03. The lowest BCUT2D eigenvalue weighted by atomic mass is 10.2. The average molecular weight is 381 g/mol. The number of hydrogen-bond donors (Lipinski definition) is 2. The Morgan fingerprint density at radius 3 is 2.86 bits per heavy atom. The van der Waals surface area contributed by atoms with Gasteiger partial charge in [-0.15, -0.1) is 11.3 Å². The summed E-state index contributed by atoms with van der Waals surface area (Å²) in [4.78, 5) is 12.9. The van der Waals surface area contributed by atoms with Crippen LogP contribution in [0.5, 0.6) is 0 Å². The second kappa shape index (κ2) is 5.79. The number of amides is 1. The van der Waals surface area contributed by atoms with E-state index in [1.165, 1.54) is 16.9 Å². The molecule has 1 aromatic carbocycles. The number of benzene rings is 1. The zero-order valence-electron chi connectivity index (χ0n) is 11.3. The first-order valence-corrected chi connectivity index (χ1v) is 8.89. The summed E-state index contributed by atoms with van der Waals surface area (Å²) in [5, 5.41) is 7.99. The molecule has 108 valence electrons. The normalized spacial score (nSPS) is 11.0. The number of carbonyl (C=O) groups is 1. The van der Waals surface area contributed by atoms with Gasteiger partial charge in [-0.3, -0.25) is 4.79 Å². The predicted molar refractivity (Wildman–Crippen MR) is 94.2 cm³/mol. The standard InChI is InChI=1S/C15H13BrN2OS2/c1-8-6-20-7-9(8)5-18-15(19)14-13(17)12-10(16)3-2-4-11(12)21-14/h2-4,6-7H,5,17H2,1H3,(H,18,19). The molecule has 0 aliphatic rings. The van der Waals surface area contributed by atoms with Crippen molar-refractivity contribution in [3.63, 3.8) is 0 Å². The molecule has 0 saturated carbocycles. The van der Waals surface area contributed by atoms with Gasteiger partial charge in [-0.25, -0.2) is 0 Å². The third kappa shape index (κ3) is 2.71. The van der Waals surface area contributed by atoms with E-state index in [4.69, 9.17) is 5.73 Å². The highest BCUT2D eigenvalue weighted by Gasteiger charge is 2.17. The van der Waals surface area contributed by atoms with Gasteiger partial charge in [0, 0.05) is 21.1 Å². The highest BCUT2D eigenvalue weighted by Crippen LogP contribution is 2.38. The first-order valence-electron chi connectivity index (χ1n) is 6.34. The average Bonchev–Trinajstić information content (AvgIpc) is 3.01. The van der Waals surface area contributed by atoms with Crippen LogP contribution in [0.3, 0.4) is 0 Å². The van der Waals surface area contributed by atoms with Gasteiger partial charge in [0.25, 0.3) is 5.91 Å². The van der Waals surface area contributed by atoms with E-state index in [0.29, 0.717) is 17.1 Å². The van der Waals surface area contributed by atoms with Gasteiger partial charge in [0.1, 0.15) is 4.88 Å². The molecule has 0 saturated heterocycles. The number of aryl methyl sites for hydroxylation is 1. The fourth-order valence-electron chi connectivity index (χ4n) is 2.12. The molecule has 3 nitrogen and oxygen atoms in total. The van der Waals surface area contributed by atoms with E-state index in [1.807, 2.05) is 25.1 Å². The number of fused-ring (bicyclic) bond motifs is 1. The molecule has 2 heterocycles. The second-order valence-corrected chi connectivity index (χ2v) is 7.37. The van der Waals surface area contributed by atoms with E-state index in [9.17, 15) is 4.79 Å². The van der Waals surface area contributed by atoms with Crippen molar-refractivity contribution in [2.45, 2.75) is 13.5 Å². The highest BCUT2D eigenvalue weighted by atomic mass is 79.9. The summed E-state index contributed by atoms with van der Waals surface area (Å²) in [6, 6.07) is 5.85. The van der Waals surface area contributed by atoms with Crippen molar-refractivity contribution in [3.05, 3.63) is 49.4 Å². The van der Waals surface area contributed by atoms with Crippen LogP contribution in [0.2, 0.25) is 0 Å². The van der Waals surface area contributed by atoms with Crippen LogP contribution < -0.4 is 11.1 Å². The van der Waals surface area contributed by atoms with Crippen LogP contribution in [-0.2, 0) is 6.54 Å².